The summed E-state index contributed by atoms with van der Waals surface area (Å²) < 4.78 is 0. The van der Waals surface area contributed by atoms with Crippen LogP contribution in [0.1, 0.15) is 45.1 Å². The molecule has 1 atom stereocenters. The monoisotopic (exact) mass is 262 g/mol. The van der Waals surface area contributed by atoms with Crippen molar-refractivity contribution >= 4 is 5.91 Å². The first-order valence-corrected chi connectivity index (χ1v) is 7.22. The van der Waals surface area contributed by atoms with Crippen LogP contribution < -0.4 is 10.6 Å². The lowest BCUT2D eigenvalue weighted by molar-refractivity contribution is -0.121. The molecule has 0 fully saturated rings. The van der Waals surface area contributed by atoms with Crippen molar-refractivity contribution in [1.82, 2.24) is 10.6 Å². The fourth-order valence-corrected chi connectivity index (χ4v) is 2.07. The van der Waals surface area contributed by atoms with E-state index in [1.54, 1.807) is 0 Å². The summed E-state index contributed by atoms with van der Waals surface area (Å²) in [5, 5.41) is 6.25. The highest BCUT2D eigenvalue weighted by molar-refractivity contribution is 5.78. The van der Waals surface area contributed by atoms with E-state index in [2.05, 4.69) is 43.5 Å². The molecule has 0 heterocycles. The summed E-state index contributed by atoms with van der Waals surface area (Å²) in [7, 11) is 0. The summed E-state index contributed by atoms with van der Waals surface area (Å²) in [6, 6.07) is 10.7. The molecule has 0 aliphatic rings. The fraction of sp³-hybridized carbons (Fsp3) is 0.562. The Morgan fingerprint density at radius 1 is 1.16 bits per heavy atom. The molecule has 3 heteroatoms. The zero-order chi connectivity index (χ0) is 14.1. The SMILES string of the molecule is CCC(CC)NC(=O)CNCC(C)c1ccccc1. The first-order chi connectivity index (χ1) is 9.17. The molecule has 1 rings (SSSR count). The zero-order valence-electron chi connectivity index (χ0n) is 12.3. The maximum Gasteiger partial charge on any atom is 0.234 e. The average molecular weight is 262 g/mol. The summed E-state index contributed by atoms with van der Waals surface area (Å²) >= 11 is 0. The quantitative estimate of drug-likeness (QED) is 0.756. The van der Waals surface area contributed by atoms with Crippen LogP contribution in [0.5, 0.6) is 0 Å². The van der Waals surface area contributed by atoms with E-state index in [0.29, 0.717) is 18.5 Å². The van der Waals surface area contributed by atoms with Crippen molar-refractivity contribution in [1.29, 1.82) is 0 Å². The van der Waals surface area contributed by atoms with Crippen LogP contribution in [-0.2, 0) is 4.79 Å². The molecule has 1 unspecified atom stereocenters. The number of rotatable bonds is 8. The van der Waals surface area contributed by atoms with Gasteiger partial charge in [-0.2, -0.15) is 0 Å². The number of carbonyl (C=O) groups excluding carboxylic acids is 1. The molecule has 0 aliphatic heterocycles. The van der Waals surface area contributed by atoms with Gasteiger partial charge in [0.1, 0.15) is 0 Å². The van der Waals surface area contributed by atoms with E-state index in [1.807, 2.05) is 18.2 Å². The van der Waals surface area contributed by atoms with Crippen LogP contribution in [0.15, 0.2) is 30.3 Å². The molecule has 0 spiro atoms. The van der Waals surface area contributed by atoms with Crippen LogP contribution in [0.2, 0.25) is 0 Å². The lowest BCUT2D eigenvalue weighted by Gasteiger charge is -2.16. The molecule has 1 amide bonds. The third kappa shape index (κ3) is 5.88. The maximum absolute atomic E-state index is 11.7. The standard InChI is InChI=1S/C16H26N2O/c1-4-15(5-2)18-16(19)12-17-11-13(3)14-9-7-6-8-10-14/h6-10,13,15,17H,4-5,11-12H2,1-3H3,(H,18,19). The van der Waals surface area contributed by atoms with Crippen molar-refractivity contribution in [2.24, 2.45) is 0 Å². The third-order valence-electron chi connectivity index (χ3n) is 3.46. The number of hydrogen-bond acceptors (Lipinski definition) is 2. The number of hydrogen-bond donors (Lipinski definition) is 2. The molecule has 0 bridgehead atoms. The van der Waals surface area contributed by atoms with Gasteiger partial charge in [0, 0.05) is 12.6 Å². The summed E-state index contributed by atoms with van der Waals surface area (Å²) in [5.74, 6) is 0.510. The number of nitrogens with one attached hydrogen (secondary N) is 2. The topological polar surface area (TPSA) is 41.1 Å². The Labute approximate surface area is 116 Å². The highest BCUT2D eigenvalue weighted by atomic mass is 16.1. The molecule has 0 aliphatic carbocycles. The normalized spacial score (nSPS) is 12.4. The summed E-state index contributed by atoms with van der Waals surface area (Å²) in [5.41, 5.74) is 1.30. The molecule has 1 aromatic rings. The zero-order valence-corrected chi connectivity index (χ0v) is 12.3. The minimum Gasteiger partial charge on any atom is -0.352 e. The highest BCUT2D eigenvalue weighted by Gasteiger charge is 2.09. The van der Waals surface area contributed by atoms with Crippen LogP contribution >= 0.6 is 0 Å². The third-order valence-corrected chi connectivity index (χ3v) is 3.46. The number of carbonyl (C=O) groups is 1. The average Bonchev–Trinajstić information content (AvgIpc) is 2.45. The van der Waals surface area contributed by atoms with Crippen molar-refractivity contribution in [3.63, 3.8) is 0 Å². The van der Waals surface area contributed by atoms with Gasteiger partial charge in [-0.15, -0.1) is 0 Å². The molecule has 3 nitrogen and oxygen atoms in total. The molecule has 1 aromatic carbocycles. The van der Waals surface area contributed by atoms with Gasteiger partial charge in [0.15, 0.2) is 0 Å². The molecular weight excluding hydrogens is 236 g/mol. The fourth-order valence-electron chi connectivity index (χ4n) is 2.07. The van der Waals surface area contributed by atoms with E-state index in [1.165, 1.54) is 5.56 Å². The Morgan fingerprint density at radius 2 is 1.79 bits per heavy atom. The van der Waals surface area contributed by atoms with Crippen molar-refractivity contribution in [2.75, 3.05) is 13.1 Å². The smallest absolute Gasteiger partial charge is 0.234 e. The van der Waals surface area contributed by atoms with Gasteiger partial charge in [-0.3, -0.25) is 4.79 Å². The Morgan fingerprint density at radius 3 is 2.37 bits per heavy atom. The summed E-state index contributed by atoms with van der Waals surface area (Å²) in [4.78, 5) is 11.7. The van der Waals surface area contributed by atoms with Gasteiger partial charge >= 0.3 is 0 Å². The highest BCUT2D eigenvalue weighted by Crippen LogP contribution is 2.12. The first kappa shape index (κ1) is 15.7. The molecule has 106 valence electrons. The predicted molar refractivity (Wildman–Crippen MR) is 80.2 cm³/mol. The summed E-state index contributed by atoms with van der Waals surface area (Å²) in [6.45, 7) is 7.58. The van der Waals surface area contributed by atoms with Crippen LogP contribution in [0.25, 0.3) is 0 Å². The minimum absolute atomic E-state index is 0.0916. The van der Waals surface area contributed by atoms with Crippen molar-refractivity contribution in [2.45, 2.75) is 45.6 Å². The molecular formula is C16H26N2O. The van der Waals surface area contributed by atoms with Gasteiger partial charge in [-0.05, 0) is 24.3 Å². The van der Waals surface area contributed by atoms with Crippen molar-refractivity contribution in [3.8, 4) is 0 Å². The maximum atomic E-state index is 11.7. The minimum atomic E-state index is 0.0916. The molecule has 0 radical (unpaired) electrons. The first-order valence-electron chi connectivity index (χ1n) is 7.22. The van der Waals surface area contributed by atoms with Gasteiger partial charge in [0.2, 0.25) is 5.91 Å². The van der Waals surface area contributed by atoms with E-state index >= 15 is 0 Å². The second-order valence-electron chi connectivity index (χ2n) is 5.02. The van der Waals surface area contributed by atoms with Crippen LogP contribution in [0.4, 0.5) is 0 Å². The van der Waals surface area contributed by atoms with E-state index in [4.69, 9.17) is 0 Å². The van der Waals surface area contributed by atoms with E-state index in [9.17, 15) is 4.79 Å². The Hall–Kier alpha value is -1.35. The van der Waals surface area contributed by atoms with Gasteiger partial charge in [0.25, 0.3) is 0 Å². The van der Waals surface area contributed by atoms with Crippen molar-refractivity contribution < 1.29 is 4.79 Å². The summed E-state index contributed by atoms with van der Waals surface area (Å²) in [6.07, 6.45) is 1.98. The van der Waals surface area contributed by atoms with Crippen molar-refractivity contribution in [3.05, 3.63) is 35.9 Å². The van der Waals surface area contributed by atoms with Crippen LogP contribution in [-0.4, -0.2) is 25.0 Å². The lowest BCUT2D eigenvalue weighted by Crippen LogP contribution is -2.40. The van der Waals surface area contributed by atoms with Crippen LogP contribution in [0.3, 0.4) is 0 Å². The van der Waals surface area contributed by atoms with Crippen LogP contribution in [0, 0.1) is 0 Å². The van der Waals surface area contributed by atoms with E-state index in [-0.39, 0.29) is 5.91 Å². The van der Waals surface area contributed by atoms with Gasteiger partial charge in [0.05, 0.1) is 6.54 Å². The van der Waals surface area contributed by atoms with Gasteiger partial charge in [-0.25, -0.2) is 0 Å². The number of benzene rings is 1. The van der Waals surface area contributed by atoms with Gasteiger partial charge in [-0.1, -0.05) is 51.1 Å². The Kier molecular flexibility index (Phi) is 7.19. The number of amides is 1. The second kappa shape index (κ2) is 8.70. The van der Waals surface area contributed by atoms with Gasteiger partial charge < -0.3 is 10.6 Å². The van der Waals surface area contributed by atoms with E-state index < -0.39 is 0 Å². The molecule has 0 saturated carbocycles. The Bertz CT molecular complexity index is 360. The predicted octanol–water partition coefficient (Wildman–Crippen LogP) is 2.68. The van der Waals surface area contributed by atoms with E-state index in [0.717, 1.165) is 19.4 Å². The molecule has 19 heavy (non-hydrogen) atoms. The largest absolute Gasteiger partial charge is 0.352 e. The lowest BCUT2D eigenvalue weighted by atomic mass is 10.0. The molecule has 0 aromatic heterocycles. The molecule has 2 N–H and O–H groups in total. The second-order valence-corrected chi connectivity index (χ2v) is 5.02. The Balaban J connectivity index is 2.25. The molecule has 0 saturated heterocycles.